The van der Waals surface area contributed by atoms with Gasteiger partial charge in [-0.25, -0.2) is 4.98 Å². The summed E-state index contributed by atoms with van der Waals surface area (Å²) in [6, 6.07) is 0.00181. The van der Waals surface area contributed by atoms with Crippen LogP contribution in [0.4, 0.5) is 5.82 Å². The molecule has 8 heteroatoms. The Balaban J connectivity index is 1.69. The van der Waals surface area contributed by atoms with E-state index in [9.17, 15) is 9.59 Å². The van der Waals surface area contributed by atoms with Crippen LogP contribution in [-0.4, -0.2) is 39.4 Å². The maximum Gasteiger partial charge on any atom is 0.290 e. The second kappa shape index (κ2) is 6.27. The zero-order valence-corrected chi connectivity index (χ0v) is 13.0. The summed E-state index contributed by atoms with van der Waals surface area (Å²) >= 11 is 1.28. The maximum atomic E-state index is 12.3. The highest BCUT2D eigenvalue weighted by Crippen LogP contribution is 2.16. The van der Waals surface area contributed by atoms with E-state index >= 15 is 0 Å². The number of piperidine rings is 1. The van der Waals surface area contributed by atoms with Gasteiger partial charge >= 0.3 is 0 Å². The number of aryl methyl sites for hydroxylation is 1. The summed E-state index contributed by atoms with van der Waals surface area (Å²) in [5.74, 6) is 0.308. The average molecular weight is 319 g/mol. The molecule has 1 atom stereocenters. The Labute approximate surface area is 131 Å². The second-order valence-electron chi connectivity index (χ2n) is 5.31. The molecule has 0 bridgehead atoms. The number of nitrogens with zero attached hydrogens (tertiary/aromatic N) is 3. The van der Waals surface area contributed by atoms with E-state index in [4.69, 9.17) is 0 Å². The monoisotopic (exact) mass is 319 g/mol. The first-order valence-electron chi connectivity index (χ1n) is 7.15. The number of aromatic amines is 1. The van der Waals surface area contributed by atoms with Crippen LogP contribution >= 0.6 is 11.5 Å². The largest absolute Gasteiger partial charge is 0.350 e. The van der Waals surface area contributed by atoms with Crippen LogP contribution in [0.15, 0.2) is 22.6 Å². The Morgan fingerprint density at radius 3 is 3.14 bits per heavy atom. The fraction of sp³-hybridized carbons (Fsp3) is 0.429. The smallest absolute Gasteiger partial charge is 0.290 e. The Hall–Kier alpha value is -2.22. The molecule has 22 heavy (non-hydrogen) atoms. The van der Waals surface area contributed by atoms with Gasteiger partial charge in [-0.05, 0) is 31.3 Å². The van der Waals surface area contributed by atoms with Crippen LogP contribution < -0.4 is 15.8 Å². The first-order valence-corrected chi connectivity index (χ1v) is 7.99. The van der Waals surface area contributed by atoms with Crippen molar-refractivity contribution in [3.05, 3.63) is 39.4 Å². The lowest BCUT2D eigenvalue weighted by molar-refractivity contribution is 0.0932. The third kappa shape index (κ3) is 3.01. The van der Waals surface area contributed by atoms with Gasteiger partial charge in [0.2, 0.25) is 0 Å². The van der Waals surface area contributed by atoms with Crippen molar-refractivity contribution >= 4 is 23.3 Å². The fourth-order valence-corrected chi connectivity index (χ4v) is 3.32. The molecule has 1 amide bonds. The van der Waals surface area contributed by atoms with Crippen molar-refractivity contribution in [2.75, 3.05) is 18.0 Å². The fourth-order valence-electron chi connectivity index (χ4n) is 2.63. The third-order valence-electron chi connectivity index (χ3n) is 3.74. The van der Waals surface area contributed by atoms with Crippen LogP contribution in [0.5, 0.6) is 0 Å². The van der Waals surface area contributed by atoms with Gasteiger partial charge in [-0.3, -0.25) is 9.59 Å². The van der Waals surface area contributed by atoms with Gasteiger partial charge in [0, 0.05) is 36.9 Å². The standard InChI is InChI=1S/C14H17N5O2S/c1-9-11(8-22-18-9)13(20)17-10-3-2-6-19(7-10)12-14(21)16-5-4-15-12/h4-5,8,10H,2-3,6-7H2,1H3,(H,16,21)(H,17,20)/t10-/m0/s1. The van der Waals surface area contributed by atoms with E-state index in [1.54, 1.807) is 11.6 Å². The van der Waals surface area contributed by atoms with Gasteiger partial charge in [-0.15, -0.1) is 0 Å². The highest BCUT2D eigenvalue weighted by atomic mass is 32.1. The Kier molecular flexibility index (Phi) is 4.19. The molecule has 1 aliphatic heterocycles. The minimum Gasteiger partial charge on any atom is -0.350 e. The summed E-state index contributed by atoms with van der Waals surface area (Å²) in [6.45, 7) is 3.18. The quantitative estimate of drug-likeness (QED) is 0.878. The number of hydrogen-bond donors (Lipinski definition) is 2. The van der Waals surface area contributed by atoms with Gasteiger partial charge in [0.05, 0.1) is 11.3 Å². The predicted octanol–water partition coefficient (Wildman–Crippen LogP) is 0.934. The Morgan fingerprint density at radius 2 is 2.41 bits per heavy atom. The summed E-state index contributed by atoms with van der Waals surface area (Å²) in [5, 5.41) is 4.79. The Bertz CT molecular complexity index is 726. The van der Waals surface area contributed by atoms with Crippen LogP contribution in [0, 0.1) is 6.92 Å². The number of anilines is 1. The van der Waals surface area contributed by atoms with E-state index in [0.29, 0.717) is 17.9 Å². The van der Waals surface area contributed by atoms with Gasteiger partial charge in [0.15, 0.2) is 5.82 Å². The van der Waals surface area contributed by atoms with Gasteiger partial charge in [0.25, 0.3) is 11.5 Å². The molecule has 7 nitrogen and oxygen atoms in total. The molecular weight excluding hydrogens is 302 g/mol. The maximum absolute atomic E-state index is 12.3. The zero-order valence-electron chi connectivity index (χ0n) is 12.2. The molecule has 1 aliphatic rings. The van der Waals surface area contributed by atoms with Crippen molar-refractivity contribution in [3.8, 4) is 0 Å². The van der Waals surface area contributed by atoms with Crippen molar-refractivity contribution < 1.29 is 4.79 Å². The lowest BCUT2D eigenvalue weighted by Gasteiger charge is -2.33. The Morgan fingerprint density at radius 1 is 1.55 bits per heavy atom. The molecule has 0 aliphatic carbocycles. The molecule has 1 fully saturated rings. The predicted molar refractivity (Wildman–Crippen MR) is 84.4 cm³/mol. The lowest BCUT2D eigenvalue weighted by Crippen LogP contribution is -2.49. The van der Waals surface area contributed by atoms with Crippen molar-refractivity contribution in [2.45, 2.75) is 25.8 Å². The van der Waals surface area contributed by atoms with E-state index in [0.717, 1.165) is 25.1 Å². The highest BCUT2D eigenvalue weighted by molar-refractivity contribution is 7.03. The molecule has 3 heterocycles. The zero-order chi connectivity index (χ0) is 15.5. The van der Waals surface area contributed by atoms with Crippen LogP contribution in [0.25, 0.3) is 0 Å². The van der Waals surface area contributed by atoms with Gasteiger partial charge < -0.3 is 15.2 Å². The molecule has 0 unspecified atom stereocenters. The summed E-state index contributed by atoms with van der Waals surface area (Å²) in [4.78, 5) is 32.8. The minimum absolute atomic E-state index is 0.00181. The summed E-state index contributed by atoms with van der Waals surface area (Å²) in [6.07, 6.45) is 4.88. The van der Waals surface area contributed by atoms with E-state index < -0.39 is 0 Å². The van der Waals surface area contributed by atoms with E-state index in [1.807, 2.05) is 11.8 Å². The molecule has 2 aromatic rings. The number of aromatic nitrogens is 3. The van der Waals surface area contributed by atoms with Crippen LogP contribution in [-0.2, 0) is 0 Å². The first-order chi connectivity index (χ1) is 10.6. The molecular formula is C14H17N5O2S. The number of hydrogen-bond acceptors (Lipinski definition) is 6. The molecule has 0 saturated carbocycles. The highest BCUT2D eigenvalue weighted by Gasteiger charge is 2.24. The van der Waals surface area contributed by atoms with E-state index in [2.05, 4.69) is 19.7 Å². The van der Waals surface area contributed by atoms with Crippen molar-refractivity contribution in [1.29, 1.82) is 0 Å². The van der Waals surface area contributed by atoms with Crippen LogP contribution in [0.1, 0.15) is 28.9 Å². The van der Waals surface area contributed by atoms with Crippen molar-refractivity contribution in [1.82, 2.24) is 19.7 Å². The summed E-state index contributed by atoms with van der Waals surface area (Å²) < 4.78 is 4.12. The van der Waals surface area contributed by atoms with Crippen LogP contribution in [0.3, 0.4) is 0 Å². The number of rotatable bonds is 3. The molecule has 0 aromatic carbocycles. The average Bonchev–Trinajstić information content (AvgIpc) is 2.94. The number of carbonyl (C=O) groups is 1. The molecule has 0 spiro atoms. The lowest BCUT2D eigenvalue weighted by atomic mass is 10.1. The normalized spacial score (nSPS) is 18.2. The first kappa shape index (κ1) is 14.7. The van der Waals surface area contributed by atoms with Crippen molar-refractivity contribution in [3.63, 3.8) is 0 Å². The molecule has 2 N–H and O–H groups in total. The number of amides is 1. The molecule has 3 rings (SSSR count). The SMILES string of the molecule is Cc1nscc1C(=O)N[C@H]1CCCN(c2ncc[nH]c2=O)C1. The molecule has 2 aromatic heterocycles. The van der Waals surface area contributed by atoms with Gasteiger partial charge in [0.1, 0.15) is 0 Å². The summed E-state index contributed by atoms with van der Waals surface area (Å²) in [7, 11) is 0. The molecule has 1 saturated heterocycles. The number of nitrogens with one attached hydrogen (secondary N) is 2. The minimum atomic E-state index is -0.202. The topological polar surface area (TPSA) is 91.0 Å². The summed E-state index contributed by atoms with van der Waals surface area (Å²) in [5.41, 5.74) is 1.17. The third-order valence-corrected chi connectivity index (χ3v) is 4.46. The van der Waals surface area contributed by atoms with E-state index in [1.165, 1.54) is 17.7 Å². The number of carbonyl (C=O) groups excluding carboxylic acids is 1. The van der Waals surface area contributed by atoms with E-state index in [-0.39, 0.29) is 17.5 Å². The van der Waals surface area contributed by atoms with Crippen LogP contribution in [0.2, 0.25) is 0 Å². The number of H-pyrrole nitrogens is 1. The van der Waals surface area contributed by atoms with Gasteiger partial charge in [-0.2, -0.15) is 4.37 Å². The van der Waals surface area contributed by atoms with Gasteiger partial charge in [-0.1, -0.05) is 0 Å². The molecule has 116 valence electrons. The second-order valence-corrected chi connectivity index (χ2v) is 5.94. The molecule has 0 radical (unpaired) electrons. The van der Waals surface area contributed by atoms with Crippen molar-refractivity contribution in [2.24, 2.45) is 0 Å².